The minimum atomic E-state index is -0.292. The summed E-state index contributed by atoms with van der Waals surface area (Å²) in [6, 6.07) is 11.0. The van der Waals surface area contributed by atoms with Crippen molar-refractivity contribution in [1.29, 1.82) is 0 Å². The Morgan fingerprint density at radius 1 is 1.10 bits per heavy atom. The average molecular weight is 478 g/mol. The van der Waals surface area contributed by atoms with E-state index in [2.05, 4.69) is 21.2 Å². The highest BCUT2D eigenvalue weighted by molar-refractivity contribution is 9.11. The van der Waals surface area contributed by atoms with Crippen LogP contribution in [0.15, 0.2) is 40.2 Å². The van der Waals surface area contributed by atoms with Crippen LogP contribution in [0, 0.1) is 0 Å². The Morgan fingerprint density at radius 2 is 1.83 bits per heavy atom. The first-order valence-corrected chi connectivity index (χ1v) is 11.0. The van der Waals surface area contributed by atoms with Gasteiger partial charge in [0, 0.05) is 30.9 Å². The van der Waals surface area contributed by atoms with Crippen molar-refractivity contribution in [3.05, 3.63) is 45.1 Å². The van der Waals surface area contributed by atoms with E-state index in [4.69, 9.17) is 4.74 Å². The van der Waals surface area contributed by atoms with Gasteiger partial charge in [-0.15, -0.1) is 11.3 Å². The maximum absolute atomic E-state index is 12.3. The largest absolute Gasteiger partial charge is 0.365 e. The van der Waals surface area contributed by atoms with Crippen LogP contribution in [-0.4, -0.2) is 50.1 Å². The van der Waals surface area contributed by atoms with Crippen LogP contribution in [0.25, 0.3) is 0 Å². The number of halogens is 1. The fourth-order valence-corrected chi connectivity index (χ4v) is 4.76. The van der Waals surface area contributed by atoms with Gasteiger partial charge in [0.2, 0.25) is 5.91 Å². The molecule has 1 aromatic heterocycles. The van der Waals surface area contributed by atoms with E-state index < -0.39 is 0 Å². The van der Waals surface area contributed by atoms with Crippen LogP contribution in [0.4, 0.5) is 11.4 Å². The van der Waals surface area contributed by atoms with Gasteiger partial charge in [0.05, 0.1) is 21.3 Å². The Labute approximate surface area is 180 Å². The van der Waals surface area contributed by atoms with Crippen molar-refractivity contribution in [2.75, 3.05) is 36.0 Å². The van der Waals surface area contributed by atoms with E-state index in [9.17, 15) is 14.4 Å². The summed E-state index contributed by atoms with van der Waals surface area (Å²) in [6.07, 6.45) is 1.16. The molecule has 0 bridgehead atoms. The highest BCUT2D eigenvalue weighted by atomic mass is 79.9. The quantitative estimate of drug-likeness (QED) is 0.717. The van der Waals surface area contributed by atoms with Gasteiger partial charge in [-0.3, -0.25) is 14.4 Å². The lowest BCUT2D eigenvalue weighted by atomic mass is 10.2. The highest BCUT2D eigenvalue weighted by Crippen LogP contribution is 2.26. The monoisotopic (exact) mass is 477 g/mol. The minimum Gasteiger partial charge on any atom is -0.365 e. The van der Waals surface area contributed by atoms with Gasteiger partial charge in [0.15, 0.2) is 0 Å². The number of carbonyl (C=O) groups excluding carboxylic acids is 3. The summed E-state index contributed by atoms with van der Waals surface area (Å²) in [6.45, 7) is 1.38. The van der Waals surface area contributed by atoms with Crippen molar-refractivity contribution < 1.29 is 19.1 Å². The predicted molar refractivity (Wildman–Crippen MR) is 114 cm³/mol. The van der Waals surface area contributed by atoms with Gasteiger partial charge >= 0.3 is 0 Å². The number of hydrogen-bond donors (Lipinski definition) is 1. The van der Waals surface area contributed by atoms with E-state index >= 15 is 0 Å². The van der Waals surface area contributed by atoms with E-state index in [-0.39, 0.29) is 30.4 Å². The van der Waals surface area contributed by atoms with Crippen LogP contribution in [0.5, 0.6) is 0 Å². The topological polar surface area (TPSA) is 79.0 Å². The van der Waals surface area contributed by atoms with Gasteiger partial charge in [-0.25, -0.2) is 0 Å². The van der Waals surface area contributed by atoms with Crippen LogP contribution in [0.2, 0.25) is 0 Å². The molecule has 0 aliphatic carbocycles. The molecule has 0 spiro atoms. The number of anilines is 2. The number of nitrogens with one attached hydrogen (secondary N) is 1. The number of carbonyl (C=O) groups is 3. The number of ether oxygens (including phenoxy) is 1. The number of thiophene rings is 1. The molecule has 152 valence electrons. The van der Waals surface area contributed by atoms with Crippen molar-refractivity contribution >= 4 is 56.4 Å². The molecule has 1 N–H and O–H groups in total. The van der Waals surface area contributed by atoms with Crippen LogP contribution < -0.4 is 15.1 Å². The van der Waals surface area contributed by atoms with E-state index in [0.717, 1.165) is 28.1 Å². The number of hydrogen-bond acceptors (Lipinski definition) is 5. The van der Waals surface area contributed by atoms with Crippen LogP contribution in [-0.2, 0) is 14.3 Å². The summed E-state index contributed by atoms with van der Waals surface area (Å²) in [5.41, 5.74) is 1.61. The summed E-state index contributed by atoms with van der Waals surface area (Å²) in [5.74, 6) is -0.152. The van der Waals surface area contributed by atoms with Gasteiger partial charge in [-0.2, -0.15) is 0 Å². The summed E-state index contributed by atoms with van der Waals surface area (Å²) in [7, 11) is 0. The lowest BCUT2D eigenvalue weighted by Crippen LogP contribution is -2.50. The van der Waals surface area contributed by atoms with Crippen molar-refractivity contribution in [2.24, 2.45) is 0 Å². The second-order valence-corrected chi connectivity index (χ2v) is 9.38. The Balaban J connectivity index is 1.38. The molecule has 4 rings (SSSR count). The molecule has 0 saturated carbocycles. The number of benzene rings is 1. The predicted octanol–water partition coefficient (Wildman–Crippen LogP) is 2.80. The standard InChI is InChI=1S/C20H20BrN3O4S/c21-17-8-7-16(29-17)20(27)22-10-15-11-24(19(26)12-28-15)14-5-3-13(4-6-14)23-9-1-2-18(23)25/h3-8,15H,1-2,9-12H2,(H,22,27)/t15-/m0/s1. The second-order valence-electron chi connectivity index (χ2n) is 6.92. The summed E-state index contributed by atoms with van der Waals surface area (Å²) in [5, 5.41) is 2.86. The van der Waals surface area contributed by atoms with E-state index in [0.29, 0.717) is 24.4 Å². The molecule has 2 aromatic rings. The van der Waals surface area contributed by atoms with Gasteiger partial charge in [-0.05, 0) is 58.7 Å². The number of rotatable bonds is 5. The summed E-state index contributed by atoms with van der Waals surface area (Å²) >= 11 is 4.71. The van der Waals surface area contributed by atoms with Gasteiger partial charge in [0.1, 0.15) is 6.61 Å². The average Bonchev–Trinajstić information content (AvgIpc) is 3.35. The molecule has 2 aliphatic rings. The third kappa shape index (κ3) is 4.52. The molecule has 3 amide bonds. The molecule has 2 fully saturated rings. The molecule has 1 atom stereocenters. The van der Waals surface area contributed by atoms with Gasteiger partial charge in [0.25, 0.3) is 11.8 Å². The molecule has 0 radical (unpaired) electrons. The third-order valence-electron chi connectivity index (χ3n) is 4.96. The van der Waals surface area contributed by atoms with Crippen LogP contribution >= 0.6 is 27.3 Å². The molecule has 2 saturated heterocycles. The van der Waals surface area contributed by atoms with Gasteiger partial charge in [-0.1, -0.05) is 0 Å². The van der Waals surface area contributed by atoms with E-state index in [1.165, 1.54) is 11.3 Å². The zero-order valence-corrected chi connectivity index (χ0v) is 18.0. The SMILES string of the molecule is O=C(NC[C@H]1CN(c2ccc(N3CCCC3=O)cc2)C(=O)CO1)c1ccc(Br)s1. The lowest BCUT2D eigenvalue weighted by molar-refractivity contribution is -0.129. The summed E-state index contributed by atoms with van der Waals surface area (Å²) < 4.78 is 6.48. The minimum absolute atomic E-state index is 0.0303. The molecule has 0 unspecified atom stereocenters. The third-order valence-corrected chi connectivity index (χ3v) is 6.59. The van der Waals surface area contributed by atoms with Crippen molar-refractivity contribution in [3.8, 4) is 0 Å². The highest BCUT2D eigenvalue weighted by Gasteiger charge is 2.28. The Hall–Kier alpha value is -2.23. The van der Waals surface area contributed by atoms with Gasteiger partial charge < -0.3 is 19.9 Å². The van der Waals surface area contributed by atoms with Crippen molar-refractivity contribution in [1.82, 2.24) is 5.32 Å². The Morgan fingerprint density at radius 3 is 2.45 bits per heavy atom. The molecule has 7 nitrogen and oxygen atoms in total. The number of amides is 3. The summed E-state index contributed by atoms with van der Waals surface area (Å²) in [4.78, 5) is 40.5. The van der Waals surface area contributed by atoms with E-state index in [1.807, 2.05) is 30.3 Å². The Kier molecular flexibility index (Phi) is 5.98. The van der Waals surface area contributed by atoms with Crippen molar-refractivity contribution in [2.45, 2.75) is 18.9 Å². The van der Waals surface area contributed by atoms with Crippen molar-refractivity contribution in [3.63, 3.8) is 0 Å². The molecule has 2 aliphatic heterocycles. The first kappa shape index (κ1) is 20.1. The Bertz CT molecular complexity index is 930. The second kappa shape index (κ2) is 8.64. The maximum Gasteiger partial charge on any atom is 0.261 e. The molecule has 3 heterocycles. The zero-order chi connectivity index (χ0) is 20.4. The molecular weight excluding hydrogens is 458 g/mol. The maximum atomic E-state index is 12.3. The molecule has 9 heteroatoms. The van der Waals surface area contributed by atoms with E-state index in [1.54, 1.807) is 15.9 Å². The first-order valence-electron chi connectivity index (χ1n) is 9.37. The van der Waals surface area contributed by atoms with Crippen LogP contribution in [0.3, 0.4) is 0 Å². The molecule has 29 heavy (non-hydrogen) atoms. The smallest absolute Gasteiger partial charge is 0.261 e. The lowest BCUT2D eigenvalue weighted by Gasteiger charge is -2.33. The fraction of sp³-hybridized carbons (Fsp3) is 0.350. The first-order chi connectivity index (χ1) is 14.0. The number of nitrogens with zero attached hydrogens (tertiary/aromatic N) is 2. The fourth-order valence-electron chi connectivity index (χ4n) is 3.46. The normalized spacial score (nSPS) is 19.7. The molecule has 1 aromatic carbocycles. The van der Waals surface area contributed by atoms with Crippen LogP contribution in [0.1, 0.15) is 22.5 Å². The molecular formula is C20H20BrN3O4S. The number of morpholine rings is 1. The zero-order valence-electron chi connectivity index (χ0n) is 15.6.